The third kappa shape index (κ3) is 17.1. The first-order chi connectivity index (χ1) is 40.6. The molecule has 14 heteroatoms. The first kappa shape index (κ1) is 68.4. The van der Waals surface area contributed by atoms with E-state index in [4.69, 9.17) is 23.7 Å². The van der Waals surface area contributed by atoms with Crippen LogP contribution in [0.5, 0.6) is 0 Å². The molecule has 0 amide bonds. The summed E-state index contributed by atoms with van der Waals surface area (Å²) in [5.41, 5.74) is -6.12. The summed E-state index contributed by atoms with van der Waals surface area (Å²) in [6.07, 6.45) is 24.3. The summed E-state index contributed by atoms with van der Waals surface area (Å²) in [5.74, 6) is -6.54. The van der Waals surface area contributed by atoms with E-state index in [2.05, 4.69) is 43.4 Å². The van der Waals surface area contributed by atoms with Gasteiger partial charge in [0.1, 0.15) is 35.6 Å². The number of unbranched alkanes of at least 4 members (excludes halogenated alkanes) is 13. The van der Waals surface area contributed by atoms with E-state index in [-0.39, 0.29) is 48.0 Å². The van der Waals surface area contributed by atoms with Gasteiger partial charge in [0.15, 0.2) is 5.78 Å². The Hall–Kier alpha value is -5.70. The fourth-order valence-electron chi connectivity index (χ4n) is 13.9. The number of carbonyl (C=O) groups is 6. The van der Waals surface area contributed by atoms with Crippen molar-refractivity contribution in [3.8, 4) is 0 Å². The van der Waals surface area contributed by atoms with Gasteiger partial charge in [0.25, 0.3) is 0 Å². The lowest BCUT2D eigenvalue weighted by Gasteiger charge is -2.68. The van der Waals surface area contributed by atoms with E-state index in [1.165, 1.54) is 52.4 Å². The molecule has 0 heterocycles. The molecule has 0 saturated heterocycles. The third-order valence-corrected chi connectivity index (χ3v) is 19.1. The molecular formula is C71H100O14. The Morgan fingerprint density at radius 3 is 1.84 bits per heavy atom. The zero-order valence-corrected chi connectivity index (χ0v) is 52.2. The van der Waals surface area contributed by atoms with Crippen molar-refractivity contribution in [2.24, 2.45) is 22.7 Å². The molecule has 468 valence electrons. The van der Waals surface area contributed by atoms with Gasteiger partial charge in [0.05, 0.1) is 23.0 Å². The highest BCUT2D eigenvalue weighted by molar-refractivity contribution is 5.94. The second-order valence-electron chi connectivity index (χ2n) is 25.4. The van der Waals surface area contributed by atoms with Crippen molar-refractivity contribution in [3.05, 3.63) is 119 Å². The quantitative estimate of drug-likeness (QED) is 0.0263. The lowest BCUT2D eigenvalue weighted by molar-refractivity contribution is -0.296. The minimum Gasteiger partial charge on any atom is -0.462 e. The summed E-state index contributed by atoms with van der Waals surface area (Å²) >= 11 is 0. The summed E-state index contributed by atoms with van der Waals surface area (Å²) in [6, 6.07) is 17.2. The number of ether oxygens (including phenoxy) is 5. The molecular weight excluding hydrogens is 1080 g/mol. The number of carbonyl (C=O) groups excluding carboxylic acids is 6. The number of fused-ring (bicyclic) bond motifs is 5. The SMILES string of the molecule is CCCCC/C=C\C/C=C\CCCCCCCC(=O)O[C@@H](C)C/C=C\CCCCCCCC(=O)O[C@@H](C(=O)O[C@H]1C[C@@]2(O)[C@@H](OC(=O)c3ccccc3)[C@H]3[C@](C)(C(=O)[C@H](O)C(=C1C)C2(C)C)[C@@H](O)CC1CC[C@]13OC(C)=O)[C@@H](C)c1ccccc1. The highest BCUT2D eigenvalue weighted by Crippen LogP contribution is 2.67. The molecule has 4 aliphatic carbocycles. The summed E-state index contributed by atoms with van der Waals surface area (Å²) in [4.78, 5) is 83.7. The summed E-state index contributed by atoms with van der Waals surface area (Å²) in [5, 5.41) is 38.3. The molecule has 3 N–H and O–H groups in total. The lowest BCUT2D eigenvalue weighted by atomic mass is 9.41. The van der Waals surface area contributed by atoms with Crippen molar-refractivity contribution in [1.29, 1.82) is 0 Å². The number of aliphatic hydroxyl groups excluding tert-OH is 2. The molecule has 3 saturated carbocycles. The average Bonchev–Trinajstić information content (AvgIpc) is 0.697. The van der Waals surface area contributed by atoms with Crippen LogP contribution < -0.4 is 0 Å². The fraction of sp³-hybridized carbons (Fsp3) is 0.634. The van der Waals surface area contributed by atoms with Crippen molar-refractivity contribution in [2.45, 2.75) is 263 Å². The van der Waals surface area contributed by atoms with E-state index < -0.39 is 106 Å². The van der Waals surface area contributed by atoms with Crippen molar-refractivity contribution in [2.75, 3.05) is 0 Å². The Kier molecular flexibility index (Phi) is 26.0. The van der Waals surface area contributed by atoms with Crippen LogP contribution in [0, 0.1) is 22.7 Å². The van der Waals surface area contributed by atoms with Crippen molar-refractivity contribution < 1.29 is 67.8 Å². The molecule has 14 nitrogen and oxygen atoms in total. The van der Waals surface area contributed by atoms with Crippen LogP contribution >= 0.6 is 0 Å². The molecule has 12 atom stereocenters. The lowest BCUT2D eigenvalue weighted by Crippen LogP contribution is -2.78. The highest BCUT2D eigenvalue weighted by atomic mass is 16.6. The van der Waals surface area contributed by atoms with Crippen LogP contribution in [0.25, 0.3) is 0 Å². The van der Waals surface area contributed by atoms with Gasteiger partial charge in [0.2, 0.25) is 6.10 Å². The number of aliphatic hydroxyl groups is 3. The van der Waals surface area contributed by atoms with Crippen LogP contribution in [0.2, 0.25) is 0 Å². The van der Waals surface area contributed by atoms with E-state index in [1.807, 2.05) is 37.3 Å². The first-order valence-electron chi connectivity index (χ1n) is 32.0. The van der Waals surface area contributed by atoms with Gasteiger partial charge >= 0.3 is 29.8 Å². The summed E-state index contributed by atoms with van der Waals surface area (Å²) in [7, 11) is 0. The predicted molar refractivity (Wildman–Crippen MR) is 328 cm³/mol. The van der Waals surface area contributed by atoms with Gasteiger partial charge in [-0.2, -0.15) is 0 Å². The zero-order valence-electron chi connectivity index (χ0n) is 52.2. The number of hydrogen-bond acceptors (Lipinski definition) is 14. The van der Waals surface area contributed by atoms with Crippen molar-refractivity contribution in [1.82, 2.24) is 0 Å². The number of hydrogen-bond donors (Lipinski definition) is 3. The monoisotopic (exact) mass is 1180 g/mol. The Bertz CT molecular complexity index is 2640. The van der Waals surface area contributed by atoms with Crippen LogP contribution in [-0.4, -0.2) is 98.8 Å². The van der Waals surface area contributed by atoms with Gasteiger partial charge in [-0.15, -0.1) is 0 Å². The molecule has 0 aromatic heterocycles. The molecule has 3 fully saturated rings. The maximum Gasteiger partial charge on any atom is 0.348 e. The number of rotatable bonds is 33. The Morgan fingerprint density at radius 1 is 0.706 bits per heavy atom. The van der Waals surface area contributed by atoms with Crippen LogP contribution in [-0.2, 0) is 47.7 Å². The number of allylic oxidation sites excluding steroid dienone is 5. The molecule has 2 aromatic carbocycles. The molecule has 1 unspecified atom stereocenters. The average molecular weight is 1180 g/mol. The van der Waals surface area contributed by atoms with E-state index >= 15 is 4.79 Å². The van der Waals surface area contributed by atoms with E-state index in [0.717, 1.165) is 64.2 Å². The zero-order chi connectivity index (χ0) is 61.8. The van der Waals surface area contributed by atoms with Crippen LogP contribution in [0.1, 0.15) is 231 Å². The molecule has 0 radical (unpaired) electrons. The Balaban J connectivity index is 1.02. The summed E-state index contributed by atoms with van der Waals surface area (Å²) in [6.45, 7) is 13.5. The van der Waals surface area contributed by atoms with Crippen molar-refractivity contribution >= 4 is 35.6 Å². The predicted octanol–water partition coefficient (Wildman–Crippen LogP) is 13.8. The van der Waals surface area contributed by atoms with E-state index in [9.17, 15) is 39.3 Å². The normalized spacial score (nSPS) is 27.2. The maximum absolute atomic E-state index is 15.3. The molecule has 2 aromatic rings. The Labute approximate surface area is 506 Å². The maximum atomic E-state index is 15.3. The third-order valence-electron chi connectivity index (χ3n) is 19.1. The van der Waals surface area contributed by atoms with E-state index in [1.54, 1.807) is 58.0 Å². The van der Waals surface area contributed by atoms with Gasteiger partial charge in [-0.05, 0) is 127 Å². The van der Waals surface area contributed by atoms with Gasteiger partial charge in [0, 0.05) is 49.9 Å². The van der Waals surface area contributed by atoms with Gasteiger partial charge < -0.3 is 39.0 Å². The number of benzene rings is 2. The van der Waals surface area contributed by atoms with Gasteiger partial charge in [-0.1, -0.05) is 164 Å². The number of esters is 5. The minimum atomic E-state index is -2.26. The molecule has 4 aliphatic rings. The van der Waals surface area contributed by atoms with Gasteiger partial charge in [-0.25, -0.2) is 9.59 Å². The topological polar surface area (TPSA) is 209 Å². The van der Waals surface area contributed by atoms with Crippen LogP contribution in [0.4, 0.5) is 0 Å². The number of Topliss-reactive ketones (excluding diaryl/α,β-unsaturated/α-hetero) is 1. The minimum absolute atomic E-state index is 0.0280. The second kappa shape index (κ2) is 32.3. The molecule has 0 spiro atoms. The second-order valence-corrected chi connectivity index (χ2v) is 25.4. The number of ketones is 1. The van der Waals surface area contributed by atoms with Crippen molar-refractivity contribution in [3.63, 3.8) is 0 Å². The smallest absolute Gasteiger partial charge is 0.348 e. The first-order valence-corrected chi connectivity index (χ1v) is 32.0. The molecule has 6 rings (SSSR count). The molecule has 2 bridgehead atoms. The largest absolute Gasteiger partial charge is 0.462 e. The van der Waals surface area contributed by atoms with Crippen LogP contribution in [0.15, 0.2) is 108 Å². The Morgan fingerprint density at radius 2 is 1.26 bits per heavy atom. The van der Waals surface area contributed by atoms with E-state index in [0.29, 0.717) is 31.2 Å². The highest BCUT2D eigenvalue weighted by Gasteiger charge is 2.77. The fourth-order valence-corrected chi connectivity index (χ4v) is 13.9. The molecule has 85 heavy (non-hydrogen) atoms. The standard InChI is InChI=1S/C71H100O14/c1-9-10-11-12-13-14-15-16-17-18-19-20-24-27-36-43-58(74)81-49(2)38-31-26-23-21-22-25-28-37-44-59(75)83-62(50(3)53-39-32-29-33-40-53)67(79)82-56-48-71(80)65(84-66(78)54-41-34-30-35-42-54)63-69(8,64(77)61(76)60(51(56)4)68(71,6)7)57(73)47-55-45-46-70(55,63)85-52(5)72/h13-14,16-17,26,29-35,39-42,49-50,55-57,61-63,65,73,76,80H,9-12,15,18-25,27-28,36-38,43-48H2,1-8H3/b14-13-,17-16-,31-26-/t49-,50-,55?,56-,57-,61+,62+,63-,65-,69+,70-,71+/m0/s1. The summed E-state index contributed by atoms with van der Waals surface area (Å²) < 4.78 is 30.8. The van der Waals surface area contributed by atoms with Crippen LogP contribution in [0.3, 0.4) is 0 Å². The molecule has 0 aliphatic heterocycles. The van der Waals surface area contributed by atoms with Gasteiger partial charge in [-0.3, -0.25) is 19.2 Å².